The summed E-state index contributed by atoms with van der Waals surface area (Å²) in [4.78, 5) is 42.8. The molecule has 4 amide bonds. The second-order valence-corrected chi connectivity index (χ2v) is 8.70. The number of nitrogens with zero attached hydrogens (tertiary/aromatic N) is 2. The first-order valence-corrected chi connectivity index (χ1v) is 12.2. The quantitative estimate of drug-likeness (QED) is 0.424. The lowest BCUT2D eigenvalue weighted by atomic mass is 10.1. The van der Waals surface area contributed by atoms with E-state index < -0.39 is 23.9 Å². The lowest BCUT2D eigenvalue weighted by molar-refractivity contribution is -0.124. The highest BCUT2D eigenvalue weighted by Crippen LogP contribution is 2.35. The molecule has 1 N–H and O–H groups in total. The maximum atomic E-state index is 13.6. The molecule has 3 aromatic rings. The third-order valence-corrected chi connectivity index (χ3v) is 6.23. The molecular weight excluding hydrogens is 490 g/mol. The Morgan fingerprint density at radius 2 is 1.79 bits per heavy atom. The maximum absolute atomic E-state index is 13.6. The van der Waals surface area contributed by atoms with Crippen molar-refractivity contribution in [2.24, 2.45) is 0 Å². The molecule has 2 aliphatic heterocycles. The predicted octanol–water partition coefficient (Wildman–Crippen LogP) is 4.19. The molecule has 0 spiro atoms. The van der Waals surface area contributed by atoms with Crippen molar-refractivity contribution in [3.05, 3.63) is 72.3 Å². The van der Waals surface area contributed by atoms with Crippen LogP contribution in [-0.4, -0.2) is 49.3 Å². The van der Waals surface area contributed by atoms with Gasteiger partial charge in [0.2, 0.25) is 12.7 Å². The summed E-state index contributed by atoms with van der Waals surface area (Å²) in [5.74, 6) is 1.39. The molecule has 5 rings (SSSR count). The van der Waals surface area contributed by atoms with Crippen molar-refractivity contribution in [1.29, 1.82) is 0 Å². The number of amides is 4. The van der Waals surface area contributed by atoms with E-state index in [0.717, 1.165) is 10.5 Å². The SMILES string of the molecule is CCOc1cccc(NC(=O)C[C@@H]2C(=O)N(c3cccc(OC)c3)C(=O)N2Cc2ccc3c(c2)OCO3)c1. The van der Waals surface area contributed by atoms with E-state index in [9.17, 15) is 14.4 Å². The molecule has 0 saturated carbocycles. The molecule has 0 unspecified atom stereocenters. The summed E-state index contributed by atoms with van der Waals surface area (Å²) in [7, 11) is 1.51. The zero-order valence-corrected chi connectivity index (χ0v) is 21.0. The number of benzene rings is 3. The number of carbonyl (C=O) groups is 3. The number of carbonyl (C=O) groups excluding carboxylic acids is 3. The minimum Gasteiger partial charge on any atom is -0.497 e. The Kier molecular flexibility index (Phi) is 7.03. The van der Waals surface area contributed by atoms with E-state index in [-0.39, 0.29) is 19.8 Å². The van der Waals surface area contributed by atoms with Crippen LogP contribution in [0.2, 0.25) is 0 Å². The fraction of sp³-hybridized carbons (Fsp3) is 0.250. The molecule has 2 heterocycles. The normalized spacial score (nSPS) is 16.1. The number of hydrogen-bond acceptors (Lipinski definition) is 7. The van der Waals surface area contributed by atoms with Crippen LogP contribution in [0, 0.1) is 0 Å². The molecule has 0 bridgehead atoms. The van der Waals surface area contributed by atoms with Crippen molar-refractivity contribution in [3.8, 4) is 23.0 Å². The summed E-state index contributed by atoms with van der Waals surface area (Å²) >= 11 is 0. The van der Waals surface area contributed by atoms with E-state index in [1.807, 2.05) is 6.92 Å². The highest BCUT2D eigenvalue weighted by molar-refractivity contribution is 6.22. The van der Waals surface area contributed by atoms with Gasteiger partial charge < -0.3 is 29.2 Å². The first-order chi connectivity index (χ1) is 18.5. The first-order valence-electron chi connectivity index (χ1n) is 12.2. The van der Waals surface area contributed by atoms with Gasteiger partial charge in [-0.3, -0.25) is 9.59 Å². The van der Waals surface area contributed by atoms with E-state index >= 15 is 0 Å². The highest BCUT2D eigenvalue weighted by atomic mass is 16.7. The average molecular weight is 518 g/mol. The minimum absolute atomic E-state index is 0.0967. The predicted molar refractivity (Wildman–Crippen MR) is 139 cm³/mol. The summed E-state index contributed by atoms with van der Waals surface area (Å²) in [6.07, 6.45) is -0.228. The van der Waals surface area contributed by atoms with Crippen LogP contribution in [-0.2, 0) is 16.1 Å². The molecule has 3 aromatic carbocycles. The van der Waals surface area contributed by atoms with E-state index in [1.54, 1.807) is 66.7 Å². The zero-order chi connectivity index (χ0) is 26.6. The average Bonchev–Trinajstić information content (AvgIpc) is 3.47. The van der Waals surface area contributed by atoms with Crippen molar-refractivity contribution < 1.29 is 33.3 Å². The molecule has 0 aromatic heterocycles. The second-order valence-electron chi connectivity index (χ2n) is 8.70. The molecule has 10 heteroatoms. The molecule has 1 saturated heterocycles. The summed E-state index contributed by atoms with van der Waals surface area (Å²) in [6, 6.07) is 17.4. The molecule has 1 fully saturated rings. The van der Waals surface area contributed by atoms with Gasteiger partial charge in [-0.25, -0.2) is 9.69 Å². The van der Waals surface area contributed by atoms with E-state index in [2.05, 4.69) is 5.32 Å². The molecule has 0 radical (unpaired) electrons. The third-order valence-electron chi connectivity index (χ3n) is 6.23. The lowest BCUT2D eigenvalue weighted by Gasteiger charge is -2.22. The van der Waals surface area contributed by atoms with Gasteiger partial charge in [0.15, 0.2) is 11.5 Å². The van der Waals surface area contributed by atoms with E-state index in [4.69, 9.17) is 18.9 Å². The van der Waals surface area contributed by atoms with Gasteiger partial charge in [-0.1, -0.05) is 18.2 Å². The number of methoxy groups -OCH3 is 1. The standard InChI is InChI=1S/C28H27N3O7/c1-3-36-22-9-4-6-19(13-22)29-26(32)15-23-27(33)31(20-7-5-8-21(14-20)35-2)28(34)30(23)16-18-10-11-24-25(12-18)38-17-37-24/h4-14,23H,3,15-17H2,1-2H3,(H,29,32)/t23-/m1/s1. The molecule has 2 aliphatic rings. The van der Waals surface area contributed by atoms with Gasteiger partial charge in [-0.05, 0) is 48.9 Å². The fourth-order valence-corrected chi connectivity index (χ4v) is 4.45. The molecule has 38 heavy (non-hydrogen) atoms. The van der Waals surface area contributed by atoms with Gasteiger partial charge in [0.05, 0.1) is 25.8 Å². The highest BCUT2D eigenvalue weighted by Gasteiger charge is 2.46. The van der Waals surface area contributed by atoms with Crippen molar-refractivity contribution in [3.63, 3.8) is 0 Å². The van der Waals surface area contributed by atoms with Gasteiger partial charge in [-0.15, -0.1) is 0 Å². The summed E-state index contributed by atoms with van der Waals surface area (Å²) in [5, 5.41) is 2.81. The molecular formula is C28H27N3O7. The van der Waals surface area contributed by atoms with Crippen LogP contribution in [0.4, 0.5) is 16.2 Å². The van der Waals surface area contributed by atoms with Crippen LogP contribution in [0.25, 0.3) is 0 Å². The van der Waals surface area contributed by atoms with Gasteiger partial charge in [0.1, 0.15) is 17.5 Å². The summed E-state index contributed by atoms with van der Waals surface area (Å²) in [6.45, 7) is 2.58. The summed E-state index contributed by atoms with van der Waals surface area (Å²) in [5.41, 5.74) is 1.63. The van der Waals surface area contributed by atoms with Crippen LogP contribution in [0.1, 0.15) is 18.9 Å². The van der Waals surface area contributed by atoms with Crippen LogP contribution in [0.5, 0.6) is 23.0 Å². The number of urea groups is 1. The van der Waals surface area contributed by atoms with Crippen LogP contribution in [0.15, 0.2) is 66.7 Å². The number of anilines is 2. The van der Waals surface area contributed by atoms with Gasteiger partial charge in [-0.2, -0.15) is 0 Å². The van der Waals surface area contributed by atoms with Crippen LogP contribution in [0.3, 0.4) is 0 Å². The van der Waals surface area contributed by atoms with Crippen molar-refractivity contribution in [2.75, 3.05) is 30.7 Å². The molecule has 10 nitrogen and oxygen atoms in total. The number of nitrogens with one attached hydrogen (secondary N) is 1. The van der Waals surface area contributed by atoms with E-state index in [1.165, 1.54) is 12.0 Å². The Bertz CT molecular complexity index is 1380. The van der Waals surface area contributed by atoms with Crippen molar-refractivity contribution in [1.82, 2.24) is 4.90 Å². The first kappa shape index (κ1) is 24.9. The fourth-order valence-electron chi connectivity index (χ4n) is 4.45. The van der Waals surface area contributed by atoms with E-state index in [0.29, 0.717) is 41.0 Å². The smallest absolute Gasteiger partial charge is 0.332 e. The molecule has 1 atom stereocenters. The number of imide groups is 1. The Hall–Kier alpha value is -4.73. The number of ether oxygens (including phenoxy) is 4. The zero-order valence-electron chi connectivity index (χ0n) is 21.0. The van der Waals surface area contributed by atoms with Crippen molar-refractivity contribution >= 4 is 29.2 Å². The van der Waals surface area contributed by atoms with Gasteiger partial charge in [0, 0.05) is 24.4 Å². The molecule has 0 aliphatic carbocycles. The monoisotopic (exact) mass is 517 g/mol. The Morgan fingerprint density at radius 1 is 1.00 bits per heavy atom. The lowest BCUT2D eigenvalue weighted by Crippen LogP contribution is -2.37. The molecule has 196 valence electrons. The largest absolute Gasteiger partial charge is 0.497 e. The topological polar surface area (TPSA) is 107 Å². The second kappa shape index (κ2) is 10.7. The van der Waals surface area contributed by atoms with Crippen LogP contribution < -0.4 is 29.2 Å². The number of rotatable bonds is 9. The third kappa shape index (κ3) is 5.06. The minimum atomic E-state index is -1.02. The summed E-state index contributed by atoms with van der Waals surface area (Å²) < 4.78 is 21.6. The maximum Gasteiger partial charge on any atom is 0.332 e. The Morgan fingerprint density at radius 3 is 2.61 bits per heavy atom. The van der Waals surface area contributed by atoms with Crippen LogP contribution >= 0.6 is 0 Å². The number of fused-ring (bicyclic) bond motifs is 1. The number of hydrogen-bond donors (Lipinski definition) is 1. The van der Waals surface area contributed by atoms with Crippen molar-refractivity contribution in [2.45, 2.75) is 25.9 Å². The Labute approximate surface area is 219 Å². The Balaban J connectivity index is 1.41. The van der Waals surface area contributed by atoms with Gasteiger partial charge in [0.25, 0.3) is 5.91 Å². The van der Waals surface area contributed by atoms with Gasteiger partial charge >= 0.3 is 6.03 Å².